The highest BCUT2D eigenvalue weighted by atomic mass is 32.2. The van der Waals surface area contributed by atoms with Gasteiger partial charge in [-0.3, -0.25) is 4.79 Å². The molecule has 0 atom stereocenters. The number of aromatic amines is 1. The standard InChI is InChI=1S/C19H22BN3O3S/c1-11-9-12(15-13(10-21)16(24)23-17(22-15)27-6)7-8-14(11)20-25-18(2,3)19(4,5)26-20/h7-9H,1-6H3,(H,22,23,24). The Morgan fingerprint density at radius 3 is 2.37 bits per heavy atom. The number of aromatic nitrogens is 2. The second kappa shape index (κ2) is 6.82. The molecule has 0 spiro atoms. The van der Waals surface area contributed by atoms with Gasteiger partial charge in [0.05, 0.1) is 16.9 Å². The van der Waals surface area contributed by atoms with Crippen molar-refractivity contribution in [2.24, 2.45) is 0 Å². The van der Waals surface area contributed by atoms with E-state index in [0.29, 0.717) is 16.4 Å². The van der Waals surface area contributed by atoms with Gasteiger partial charge in [0.1, 0.15) is 11.6 Å². The molecular weight excluding hydrogens is 361 g/mol. The van der Waals surface area contributed by atoms with E-state index in [0.717, 1.165) is 11.0 Å². The van der Waals surface area contributed by atoms with E-state index in [1.807, 2.05) is 65.1 Å². The summed E-state index contributed by atoms with van der Waals surface area (Å²) in [5, 5.41) is 9.85. The summed E-state index contributed by atoms with van der Waals surface area (Å²) in [5.41, 5.74) is 1.71. The summed E-state index contributed by atoms with van der Waals surface area (Å²) < 4.78 is 12.3. The summed E-state index contributed by atoms with van der Waals surface area (Å²) in [7, 11) is -0.464. The molecule has 1 N–H and O–H groups in total. The molecule has 1 aliphatic heterocycles. The number of nitrogens with one attached hydrogen (secondary N) is 1. The van der Waals surface area contributed by atoms with Crippen LogP contribution in [0.3, 0.4) is 0 Å². The number of aryl methyl sites for hydroxylation is 1. The third-order valence-corrected chi connectivity index (χ3v) is 5.83. The predicted octanol–water partition coefficient (Wildman–Crippen LogP) is 2.64. The smallest absolute Gasteiger partial charge is 0.399 e. The molecule has 0 unspecified atom stereocenters. The maximum atomic E-state index is 12.2. The van der Waals surface area contributed by atoms with Gasteiger partial charge < -0.3 is 14.3 Å². The molecule has 2 aromatic rings. The van der Waals surface area contributed by atoms with E-state index in [-0.39, 0.29) is 5.56 Å². The second-order valence-corrected chi connectivity index (χ2v) is 8.37. The third kappa shape index (κ3) is 3.43. The summed E-state index contributed by atoms with van der Waals surface area (Å²) in [6.07, 6.45) is 1.82. The summed E-state index contributed by atoms with van der Waals surface area (Å²) in [6, 6.07) is 7.63. The first-order chi connectivity index (χ1) is 12.6. The van der Waals surface area contributed by atoms with Crippen molar-refractivity contribution in [3.63, 3.8) is 0 Å². The Bertz CT molecular complexity index is 979. The minimum Gasteiger partial charge on any atom is -0.399 e. The quantitative estimate of drug-likeness (QED) is 0.498. The van der Waals surface area contributed by atoms with E-state index in [1.54, 1.807) is 0 Å². The fourth-order valence-corrected chi connectivity index (χ4v) is 3.30. The molecule has 0 radical (unpaired) electrons. The van der Waals surface area contributed by atoms with Crippen LogP contribution in [0.25, 0.3) is 11.3 Å². The Balaban J connectivity index is 2.04. The Hall–Kier alpha value is -2.08. The van der Waals surface area contributed by atoms with Gasteiger partial charge in [0.15, 0.2) is 5.16 Å². The van der Waals surface area contributed by atoms with Crippen LogP contribution in [0.1, 0.15) is 38.8 Å². The maximum Gasteiger partial charge on any atom is 0.495 e. The van der Waals surface area contributed by atoms with Gasteiger partial charge in [0.2, 0.25) is 0 Å². The highest BCUT2D eigenvalue weighted by molar-refractivity contribution is 7.98. The van der Waals surface area contributed by atoms with Crippen LogP contribution < -0.4 is 11.0 Å². The van der Waals surface area contributed by atoms with Crippen molar-refractivity contribution in [1.82, 2.24) is 9.97 Å². The van der Waals surface area contributed by atoms with Crippen LogP contribution in [-0.4, -0.2) is 34.5 Å². The molecular formula is C19H22BN3O3S. The van der Waals surface area contributed by atoms with Crippen LogP contribution in [0.2, 0.25) is 0 Å². The van der Waals surface area contributed by atoms with Gasteiger partial charge in [-0.15, -0.1) is 0 Å². The molecule has 3 rings (SSSR count). The fourth-order valence-electron chi connectivity index (χ4n) is 2.92. The van der Waals surface area contributed by atoms with Crippen molar-refractivity contribution in [2.75, 3.05) is 6.26 Å². The van der Waals surface area contributed by atoms with Gasteiger partial charge in [0.25, 0.3) is 5.56 Å². The number of nitrogens with zero attached hydrogens (tertiary/aromatic N) is 2. The van der Waals surface area contributed by atoms with E-state index < -0.39 is 23.9 Å². The van der Waals surface area contributed by atoms with Crippen molar-refractivity contribution in [3.8, 4) is 17.3 Å². The van der Waals surface area contributed by atoms with E-state index >= 15 is 0 Å². The molecule has 1 fully saturated rings. The van der Waals surface area contributed by atoms with Gasteiger partial charge in [-0.1, -0.05) is 35.5 Å². The molecule has 0 saturated carbocycles. The minimum absolute atomic E-state index is 0.00980. The molecule has 1 saturated heterocycles. The zero-order valence-electron chi connectivity index (χ0n) is 16.3. The first kappa shape index (κ1) is 19.7. The van der Waals surface area contributed by atoms with Crippen LogP contribution >= 0.6 is 11.8 Å². The Morgan fingerprint density at radius 1 is 1.22 bits per heavy atom. The molecule has 0 aliphatic carbocycles. The minimum atomic E-state index is -0.464. The van der Waals surface area contributed by atoms with Gasteiger partial charge in [0, 0.05) is 5.56 Å². The molecule has 1 aromatic heterocycles. The van der Waals surface area contributed by atoms with E-state index in [9.17, 15) is 10.1 Å². The van der Waals surface area contributed by atoms with Gasteiger partial charge in [-0.05, 0) is 46.3 Å². The van der Waals surface area contributed by atoms with E-state index in [1.165, 1.54) is 11.8 Å². The normalized spacial score (nSPS) is 17.7. The Morgan fingerprint density at radius 2 is 1.85 bits per heavy atom. The largest absolute Gasteiger partial charge is 0.495 e. The summed E-state index contributed by atoms with van der Waals surface area (Å²) >= 11 is 1.32. The summed E-state index contributed by atoms with van der Waals surface area (Å²) in [5.74, 6) is 0. The van der Waals surface area contributed by atoms with Gasteiger partial charge >= 0.3 is 7.12 Å². The lowest BCUT2D eigenvalue weighted by atomic mass is 9.75. The van der Waals surface area contributed by atoms with Crippen molar-refractivity contribution in [3.05, 3.63) is 39.7 Å². The SMILES string of the molecule is CSc1nc(-c2ccc(B3OC(C)(C)C(C)(C)O3)c(C)c2)c(C#N)c(=O)[nH]1. The third-order valence-electron chi connectivity index (χ3n) is 5.25. The molecule has 1 aliphatic rings. The monoisotopic (exact) mass is 383 g/mol. The fraction of sp³-hybridized carbons (Fsp3) is 0.421. The van der Waals surface area contributed by atoms with Crippen LogP contribution in [0.15, 0.2) is 28.2 Å². The lowest BCUT2D eigenvalue weighted by molar-refractivity contribution is 0.00578. The van der Waals surface area contributed by atoms with Crippen LogP contribution in [0.4, 0.5) is 0 Å². The average Bonchev–Trinajstić information content (AvgIpc) is 2.81. The first-order valence-corrected chi connectivity index (χ1v) is 9.87. The van der Waals surface area contributed by atoms with Crippen molar-refractivity contribution in [2.45, 2.75) is 51.0 Å². The topological polar surface area (TPSA) is 88.0 Å². The number of rotatable bonds is 3. The highest BCUT2D eigenvalue weighted by Crippen LogP contribution is 2.37. The first-order valence-electron chi connectivity index (χ1n) is 8.64. The summed E-state index contributed by atoms with van der Waals surface area (Å²) in [4.78, 5) is 19.2. The van der Waals surface area contributed by atoms with Crippen molar-refractivity contribution in [1.29, 1.82) is 5.26 Å². The Kier molecular flexibility index (Phi) is 4.97. The van der Waals surface area contributed by atoms with Crippen molar-refractivity contribution >= 4 is 24.3 Å². The predicted molar refractivity (Wildman–Crippen MR) is 107 cm³/mol. The molecule has 27 heavy (non-hydrogen) atoms. The van der Waals surface area contributed by atoms with E-state index in [4.69, 9.17) is 9.31 Å². The molecule has 8 heteroatoms. The number of nitriles is 1. The molecule has 6 nitrogen and oxygen atoms in total. The molecule has 140 valence electrons. The molecule has 1 aromatic carbocycles. The van der Waals surface area contributed by atoms with Gasteiger partial charge in [-0.2, -0.15) is 5.26 Å². The van der Waals surface area contributed by atoms with Crippen LogP contribution in [0, 0.1) is 18.3 Å². The zero-order valence-corrected chi connectivity index (χ0v) is 17.2. The number of hydrogen-bond acceptors (Lipinski definition) is 6. The number of hydrogen-bond donors (Lipinski definition) is 1. The number of thioether (sulfide) groups is 1. The van der Waals surface area contributed by atoms with Crippen LogP contribution in [0.5, 0.6) is 0 Å². The average molecular weight is 383 g/mol. The van der Waals surface area contributed by atoms with Crippen LogP contribution in [-0.2, 0) is 9.31 Å². The lowest BCUT2D eigenvalue weighted by Gasteiger charge is -2.32. The number of H-pyrrole nitrogens is 1. The lowest BCUT2D eigenvalue weighted by Crippen LogP contribution is -2.41. The molecule has 0 amide bonds. The van der Waals surface area contributed by atoms with Gasteiger partial charge in [-0.25, -0.2) is 4.98 Å². The van der Waals surface area contributed by atoms with Crippen molar-refractivity contribution < 1.29 is 9.31 Å². The van der Waals surface area contributed by atoms with E-state index in [2.05, 4.69) is 9.97 Å². The second-order valence-electron chi connectivity index (χ2n) is 7.57. The highest BCUT2D eigenvalue weighted by Gasteiger charge is 2.52. The molecule has 2 heterocycles. The number of benzene rings is 1. The summed E-state index contributed by atoms with van der Waals surface area (Å²) in [6.45, 7) is 10.0. The zero-order chi connectivity index (χ0) is 20.0. The maximum absolute atomic E-state index is 12.2. The molecule has 0 bridgehead atoms. The Labute approximate surface area is 163 Å².